The van der Waals surface area contributed by atoms with Crippen LogP contribution in [-0.2, 0) is 26.5 Å². The number of carbonyl (C=O) groups is 1. The Bertz CT molecular complexity index is 1710. The molecule has 0 spiro atoms. The first kappa shape index (κ1) is 32.8. The molecule has 3 aromatic carbocycles. The number of phenolic OH excluding ortho intramolecular Hbond substituents is 1. The van der Waals surface area contributed by atoms with Gasteiger partial charge < -0.3 is 14.3 Å². The van der Waals surface area contributed by atoms with Crippen molar-refractivity contribution in [3.8, 4) is 5.75 Å². The monoisotopic (exact) mass is 609 g/mol. The van der Waals surface area contributed by atoms with Crippen LogP contribution < -0.4 is 5.63 Å². The lowest BCUT2D eigenvalue weighted by atomic mass is 9.73. The zero-order valence-electron chi connectivity index (χ0n) is 26.2. The van der Waals surface area contributed by atoms with Crippen LogP contribution in [0.2, 0.25) is 0 Å². The second kappa shape index (κ2) is 11.7. The molecule has 44 heavy (non-hydrogen) atoms. The fourth-order valence-electron chi connectivity index (χ4n) is 5.39. The maximum atomic E-state index is 13.9. The lowest BCUT2D eigenvalue weighted by molar-refractivity contribution is -0.145. The summed E-state index contributed by atoms with van der Waals surface area (Å²) in [5.41, 5.74) is 0.343. The van der Waals surface area contributed by atoms with Crippen LogP contribution in [0.5, 0.6) is 5.75 Å². The van der Waals surface area contributed by atoms with Crippen molar-refractivity contribution in [2.75, 3.05) is 6.61 Å². The summed E-state index contributed by atoms with van der Waals surface area (Å²) in [6.45, 7) is 15.0. The van der Waals surface area contributed by atoms with Gasteiger partial charge >= 0.3 is 17.8 Å². The zero-order chi connectivity index (χ0) is 32.8. The standard InChI is InChI=1S/C35H38F3NO5/c1-9-43-31(41)28(29-32(42)44-26-16-19(2)10-15-25(26)39-29)27(20-11-13-22(14-12-20)35(36,37)38)21-17-23(33(3,4)5)30(40)24(18-21)34(6,7)8/h10-18,27-28,40H,9H2,1-8H3. The highest BCUT2D eigenvalue weighted by atomic mass is 19.4. The Morgan fingerprint density at radius 2 is 1.48 bits per heavy atom. The Labute approximate surface area is 254 Å². The Kier molecular flexibility index (Phi) is 8.75. The minimum Gasteiger partial charge on any atom is -0.507 e. The predicted octanol–water partition coefficient (Wildman–Crippen LogP) is 8.29. The molecule has 0 radical (unpaired) electrons. The van der Waals surface area contributed by atoms with Crippen LogP contribution in [0.3, 0.4) is 0 Å². The Morgan fingerprint density at radius 3 is 1.98 bits per heavy atom. The van der Waals surface area contributed by atoms with Crippen LogP contribution in [0.15, 0.2) is 63.8 Å². The topological polar surface area (TPSA) is 89.6 Å². The third-order valence-electron chi connectivity index (χ3n) is 7.64. The van der Waals surface area contributed by atoms with Crippen molar-refractivity contribution in [3.05, 3.63) is 104 Å². The second-order valence-electron chi connectivity index (χ2n) is 13.1. The van der Waals surface area contributed by atoms with Gasteiger partial charge in [-0.05, 0) is 76.8 Å². The van der Waals surface area contributed by atoms with Gasteiger partial charge in [0.05, 0.1) is 12.2 Å². The van der Waals surface area contributed by atoms with Gasteiger partial charge in [-0.3, -0.25) is 4.79 Å². The number of nitrogens with zero attached hydrogens (tertiary/aromatic N) is 1. The smallest absolute Gasteiger partial charge is 0.416 e. The number of rotatable bonds is 6. The Morgan fingerprint density at radius 1 is 0.909 bits per heavy atom. The summed E-state index contributed by atoms with van der Waals surface area (Å²) in [4.78, 5) is 32.0. The van der Waals surface area contributed by atoms with Crippen molar-refractivity contribution in [1.29, 1.82) is 0 Å². The van der Waals surface area contributed by atoms with Crippen molar-refractivity contribution in [1.82, 2.24) is 4.98 Å². The number of phenols is 1. The molecule has 1 aromatic heterocycles. The second-order valence-corrected chi connectivity index (χ2v) is 13.1. The molecular weight excluding hydrogens is 571 g/mol. The molecule has 2 unspecified atom stereocenters. The minimum absolute atomic E-state index is 0.0107. The van der Waals surface area contributed by atoms with Crippen molar-refractivity contribution in [3.63, 3.8) is 0 Å². The molecule has 1 heterocycles. The average molecular weight is 610 g/mol. The van der Waals surface area contributed by atoms with E-state index in [0.29, 0.717) is 27.8 Å². The molecule has 0 aliphatic heterocycles. The number of ether oxygens (including phenoxy) is 1. The van der Waals surface area contributed by atoms with Gasteiger partial charge in [0.25, 0.3) is 0 Å². The SMILES string of the molecule is CCOC(=O)C(c1nc2ccc(C)cc2oc1=O)C(c1ccc(C(F)(F)F)cc1)c1cc(C(C)(C)C)c(O)c(C(C)(C)C)c1. The molecule has 234 valence electrons. The van der Waals surface area contributed by atoms with Crippen LogP contribution in [0, 0.1) is 6.92 Å². The molecule has 2 atom stereocenters. The molecule has 4 rings (SSSR count). The van der Waals surface area contributed by atoms with Crippen LogP contribution in [-0.4, -0.2) is 22.7 Å². The summed E-state index contributed by atoms with van der Waals surface area (Å²) in [5, 5.41) is 11.4. The number of esters is 1. The van der Waals surface area contributed by atoms with E-state index in [1.165, 1.54) is 12.1 Å². The fourth-order valence-corrected chi connectivity index (χ4v) is 5.39. The van der Waals surface area contributed by atoms with E-state index in [4.69, 9.17) is 9.15 Å². The van der Waals surface area contributed by atoms with E-state index >= 15 is 0 Å². The number of carbonyl (C=O) groups excluding carboxylic acids is 1. The lowest BCUT2D eigenvalue weighted by Crippen LogP contribution is -2.30. The summed E-state index contributed by atoms with van der Waals surface area (Å²) in [7, 11) is 0. The van der Waals surface area contributed by atoms with Crippen LogP contribution in [0.25, 0.3) is 11.1 Å². The first-order valence-electron chi connectivity index (χ1n) is 14.5. The molecule has 6 nitrogen and oxygen atoms in total. The molecular formula is C35H38F3NO5. The highest BCUT2D eigenvalue weighted by Gasteiger charge is 2.40. The number of benzene rings is 3. The number of alkyl halides is 3. The molecule has 0 saturated heterocycles. The van der Waals surface area contributed by atoms with Gasteiger partial charge in [-0.25, -0.2) is 9.78 Å². The summed E-state index contributed by atoms with van der Waals surface area (Å²) in [5.74, 6) is -3.12. The Balaban J connectivity index is 2.12. The van der Waals surface area contributed by atoms with Gasteiger partial charge in [0.1, 0.15) is 22.9 Å². The Hall–Kier alpha value is -4.14. The number of hydrogen-bond acceptors (Lipinski definition) is 6. The molecule has 1 N–H and O–H groups in total. The van der Waals surface area contributed by atoms with Gasteiger partial charge in [0, 0.05) is 5.92 Å². The molecule has 4 aromatic rings. The number of aromatic hydroxyl groups is 1. The highest BCUT2D eigenvalue weighted by Crippen LogP contribution is 2.46. The summed E-state index contributed by atoms with van der Waals surface area (Å²) in [6, 6.07) is 13.1. The van der Waals surface area contributed by atoms with Crippen molar-refractivity contribution in [2.24, 2.45) is 0 Å². The van der Waals surface area contributed by atoms with Crippen molar-refractivity contribution < 1.29 is 32.2 Å². The molecule has 0 bridgehead atoms. The quantitative estimate of drug-likeness (QED) is 0.221. The maximum Gasteiger partial charge on any atom is 0.416 e. The zero-order valence-corrected chi connectivity index (χ0v) is 26.2. The number of aryl methyl sites for hydroxylation is 1. The van der Waals surface area contributed by atoms with Gasteiger partial charge in [0.2, 0.25) is 0 Å². The molecule has 0 aliphatic rings. The number of fused-ring (bicyclic) bond motifs is 1. The van der Waals surface area contributed by atoms with Gasteiger partial charge in [-0.1, -0.05) is 71.9 Å². The van der Waals surface area contributed by atoms with Crippen LogP contribution in [0.1, 0.15) is 99.4 Å². The fraction of sp³-hybridized carbons (Fsp3) is 0.400. The van der Waals surface area contributed by atoms with Crippen molar-refractivity contribution in [2.45, 2.75) is 84.2 Å². The van der Waals surface area contributed by atoms with E-state index in [1.54, 1.807) is 37.3 Å². The first-order valence-corrected chi connectivity index (χ1v) is 14.5. The van der Waals surface area contributed by atoms with Gasteiger partial charge in [-0.2, -0.15) is 13.2 Å². The third kappa shape index (κ3) is 6.66. The molecule has 0 saturated carbocycles. The van der Waals surface area contributed by atoms with E-state index in [1.807, 2.05) is 48.5 Å². The lowest BCUT2D eigenvalue weighted by Gasteiger charge is -2.32. The molecule has 0 amide bonds. The minimum atomic E-state index is -4.58. The van der Waals surface area contributed by atoms with E-state index in [0.717, 1.165) is 17.7 Å². The highest BCUT2D eigenvalue weighted by molar-refractivity contribution is 5.81. The normalized spacial score (nSPS) is 14.0. The predicted molar refractivity (Wildman–Crippen MR) is 163 cm³/mol. The third-order valence-corrected chi connectivity index (χ3v) is 7.64. The van der Waals surface area contributed by atoms with Crippen LogP contribution in [0.4, 0.5) is 13.2 Å². The van der Waals surface area contributed by atoms with E-state index in [-0.39, 0.29) is 23.6 Å². The largest absolute Gasteiger partial charge is 0.507 e. The average Bonchev–Trinajstić information content (AvgIpc) is 2.90. The molecule has 0 fully saturated rings. The number of aromatic nitrogens is 1. The number of hydrogen-bond donors (Lipinski definition) is 1. The van der Waals surface area contributed by atoms with Crippen molar-refractivity contribution >= 4 is 17.1 Å². The van der Waals surface area contributed by atoms with Crippen LogP contribution >= 0.6 is 0 Å². The molecule has 9 heteroatoms. The molecule has 0 aliphatic carbocycles. The summed E-state index contributed by atoms with van der Waals surface area (Å²) >= 11 is 0. The van der Waals surface area contributed by atoms with Gasteiger partial charge in [-0.15, -0.1) is 0 Å². The summed E-state index contributed by atoms with van der Waals surface area (Å²) in [6.07, 6.45) is -4.58. The number of halogens is 3. The first-order chi connectivity index (χ1) is 20.3. The van der Waals surface area contributed by atoms with E-state index in [9.17, 15) is 27.9 Å². The summed E-state index contributed by atoms with van der Waals surface area (Å²) < 4.78 is 51.8. The van der Waals surface area contributed by atoms with E-state index < -0.39 is 46.0 Å². The van der Waals surface area contributed by atoms with Gasteiger partial charge in [0.15, 0.2) is 5.58 Å². The van der Waals surface area contributed by atoms with E-state index in [2.05, 4.69) is 4.98 Å². The maximum absolute atomic E-state index is 13.9.